The lowest BCUT2D eigenvalue weighted by Crippen LogP contribution is -2.43. The van der Waals surface area contributed by atoms with Crippen LogP contribution in [0.15, 0.2) is 0 Å². The van der Waals surface area contributed by atoms with Crippen LogP contribution in [0.4, 0.5) is 0 Å². The van der Waals surface area contributed by atoms with E-state index in [0.717, 1.165) is 19.3 Å². The van der Waals surface area contributed by atoms with Crippen molar-refractivity contribution in [2.24, 2.45) is 0 Å². The molecule has 2 N–H and O–H groups in total. The smallest absolute Gasteiger partial charge is 0.330 e. The summed E-state index contributed by atoms with van der Waals surface area (Å²) in [7, 11) is 1.23. The van der Waals surface area contributed by atoms with Crippen molar-refractivity contribution in [1.29, 1.82) is 0 Å². The Morgan fingerprint density at radius 3 is 2.33 bits per heavy atom. The highest BCUT2D eigenvalue weighted by Crippen LogP contribution is 2.06. The molecule has 0 radical (unpaired) electrons. The van der Waals surface area contributed by atoms with E-state index < -0.39 is 18.6 Å². The Kier molecular flexibility index (Phi) is 10.3. The number of amides is 1. The quantitative estimate of drug-likeness (QED) is 0.459. The summed E-state index contributed by atoms with van der Waals surface area (Å²) >= 11 is 0. The number of ether oxygens (including phenoxy) is 1. The Morgan fingerprint density at radius 2 is 1.78 bits per heavy atom. The molecule has 0 rings (SSSR count). The molecule has 0 bridgehead atoms. The molecule has 0 aliphatic carbocycles. The van der Waals surface area contributed by atoms with Crippen LogP contribution < -0.4 is 5.32 Å². The van der Waals surface area contributed by atoms with Gasteiger partial charge in [0.25, 0.3) is 0 Å². The van der Waals surface area contributed by atoms with Gasteiger partial charge in [-0.1, -0.05) is 39.0 Å². The average molecular weight is 259 g/mol. The minimum Gasteiger partial charge on any atom is -0.467 e. The van der Waals surface area contributed by atoms with Gasteiger partial charge < -0.3 is 15.2 Å². The number of unbranched alkanes of at least 4 members (excludes halogenated alkanes) is 5. The molecule has 1 amide bonds. The molecular weight excluding hydrogens is 234 g/mol. The topological polar surface area (TPSA) is 75.6 Å². The fourth-order valence-corrected chi connectivity index (χ4v) is 1.65. The molecule has 0 aliphatic rings. The van der Waals surface area contributed by atoms with E-state index in [1.807, 2.05) is 0 Å². The third-order valence-electron chi connectivity index (χ3n) is 2.76. The Morgan fingerprint density at radius 1 is 1.17 bits per heavy atom. The van der Waals surface area contributed by atoms with Crippen molar-refractivity contribution in [1.82, 2.24) is 5.32 Å². The van der Waals surface area contributed by atoms with Gasteiger partial charge in [0.15, 0.2) is 6.04 Å². The minimum atomic E-state index is -0.942. The third-order valence-corrected chi connectivity index (χ3v) is 2.76. The Labute approximate surface area is 109 Å². The Bertz CT molecular complexity index is 243. The van der Waals surface area contributed by atoms with Crippen LogP contribution in [0.3, 0.4) is 0 Å². The van der Waals surface area contributed by atoms with E-state index in [1.54, 1.807) is 0 Å². The first-order chi connectivity index (χ1) is 8.65. The third kappa shape index (κ3) is 8.06. The van der Waals surface area contributed by atoms with Gasteiger partial charge in [0.05, 0.1) is 13.7 Å². The monoisotopic (exact) mass is 259 g/mol. The number of rotatable bonds is 10. The number of carbonyl (C=O) groups is 2. The molecular formula is C13H25NO4. The van der Waals surface area contributed by atoms with Crippen LogP contribution in [0.5, 0.6) is 0 Å². The maximum Gasteiger partial charge on any atom is 0.330 e. The van der Waals surface area contributed by atoms with Crippen molar-refractivity contribution in [2.75, 3.05) is 13.7 Å². The second-order valence-electron chi connectivity index (χ2n) is 4.34. The molecule has 5 heteroatoms. The van der Waals surface area contributed by atoms with Gasteiger partial charge >= 0.3 is 5.97 Å². The molecule has 0 aromatic heterocycles. The summed E-state index contributed by atoms with van der Waals surface area (Å²) < 4.78 is 4.46. The number of carbonyl (C=O) groups excluding carboxylic acids is 2. The lowest BCUT2D eigenvalue weighted by Gasteiger charge is -2.13. The summed E-state index contributed by atoms with van der Waals surface area (Å²) in [5, 5.41) is 11.4. The molecule has 0 spiro atoms. The highest BCUT2D eigenvalue weighted by atomic mass is 16.5. The second-order valence-corrected chi connectivity index (χ2v) is 4.34. The maximum atomic E-state index is 11.5. The van der Waals surface area contributed by atoms with Crippen LogP contribution in [-0.4, -0.2) is 36.7 Å². The zero-order valence-electron chi connectivity index (χ0n) is 11.4. The molecule has 0 heterocycles. The molecule has 1 atom stereocenters. The summed E-state index contributed by atoms with van der Waals surface area (Å²) in [6.07, 6.45) is 7.02. The Balaban J connectivity index is 3.66. The number of aliphatic hydroxyl groups excluding tert-OH is 1. The summed E-state index contributed by atoms with van der Waals surface area (Å²) in [4.78, 5) is 22.6. The highest BCUT2D eigenvalue weighted by Gasteiger charge is 2.19. The van der Waals surface area contributed by atoms with Gasteiger partial charge in [-0.3, -0.25) is 4.79 Å². The molecule has 0 aliphatic heterocycles. The molecule has 0 saturated heterocycles. The van der Waals surface area contributed by atoms with Crippen molar-refractivity contribution < 1.29 is 19.4 Å². The second kappa shape index (κ2) is 11.0. The summed E-state index contributed by atoms with van der Waals surface area (Å²) in [6.45, 7) is 1.73. The molecule has 0 aromatic carbocycles. The first kappa shape index (κ1) is 16.9. The summed E-state index contributed by atoms with van der Waals surface area (Å²) in [6, 6.07) is -0.942. The predicted octanol–water partition coefficient (Wildman–Crippen LogP) is 1.39. The maximum absolute atomic E-state index is 11.5. The molecule has 0 fully saturated rings. The Hall–Kier alpha value is -1.10. The molecule has 0 aromatic rings. The van der Waals surface area contributed by atoms with Crippen molar-refractivity contribution in [3.05, 3.63) is 0 Å². The lowest BCUT2D eigenvalue weighted by molar-refractivity contribution is -0.146. The van der Waals surface area contributed by atoms with Gasteiger partial charge in [0, 0.05) is 6.42 Å². The first-order valence-corrected chi connectivity index (χ1v) is 6.63. The van der Waals surface area contributed by atoms with E-state index in [1.165, 1.54) is 26.4 Å². The predicted molar refractivity (Wildman–Crippen MR) is 69.0 cm³/mol. The van der Waals surface area contributed by atoms with E-state index in [9.17, 15) is 9.59 Å². The van der Waals surface area contributed by atoms with Gasteiger partial charge in [-0.05, 0) is 6.42 Å². The van der Waals surface area contributed by atoms with Crippen LogP contribution in [0, 0.1) is 0 Å². The van der Waals surface area contributed by atoms with Gasteiger partial charge in [0.1, 0.15) is 0 Å². The van der Waals surface area contributed by atoms with Gasteiger partial charge in [-0.25, -0.2) is 4.79 Å². The lowest BCUT2D eigenvalue weighted by atomic mass is 10.1. The molecule has 0 saturated carbocycles. The van der Waals surface area contributed by atoms with E-state index in [4.69, 9.17) is 5.11 Å². The molecule has 1 unspecified atom stereocenters. The average Bonchev–Trinajstić information content (AvgIpc) is 2.39. The number of esters is 1. The van der Waals surface area contributed by atoms with Crippen LogP contribution in [-0.2, 0) is 14.3 Å². The first-order valence-electron chi connectivity index (χ1n) is 6.63. The van der Waals surface area contributed by atoms with E-state index in [0.29, 0.717) is 6.42 Å². The van der Waals surface area contributed by atoms with Crippen LogP contribution in [0.1, 0.15) is 51.9 Å². The van der Waals surface area contributed by atoms with E-state index in [2.05, 4.69) is 17.0 Å². The fourth-order valence-electron chi connectivity index (χ4n) is 1.65. The van der Waals surface area contributed by atoms with Gasteiger partial charge in [0.2, 0.25) is 5.91 Å². The minimum absolute atomic E-state index is 0.213. The summed E-state index contributed by atoms with van der Waals surface area (Å²) in [5.41, 5.74) is 0. The van der Waals surface area contributed by atoms with Crippen molar-refractivity contribution >= 4 is 11.9 Å². The number of hydrogen-bond donors (Lipinski definition) is 2. The highest BCUT2D eigenvalue weighted by molar-refractivity contribution is 5.84. The largest absolute Gasteiger partial charge is 0.467 e. The molecule has 5 nitrogen and oxygen atoms in total. The number of hydrogen-bond acceptors (Lipinski definition) is 4. The summed E-state index contributed by atoms with van der Waals surface area (Å²) in [5.74, 6) is -0.830. The van der Waals surface area contributed by atoms with E-state index in [-0.39, 0.29) is 5.91 Å². The van der Waals surface area contributed by atoms with Crippen LogP contribution >= 0.6 is 0 Å². The van der Waals surface area contributed by atoms with Crippen molar-refractivity contribution in [3.63, 3.8) is 0 Å². The van der Waals surface area contributed by atoms with Crippen molar-refractivity contribution in [2.45, 2.75) is 57.9 Å². The van der Waals surface area contributed by atoms with Crippen molar-refractivity contribution in [3.8, 4) is 0 Å². The molecule has 106 valence electrons. The molecule has 18 heavy (non-hydrogen) atoms. The fraction of sp³-hybridized carbons (Fsp3) is 0.846. The number of aliphatic hydroxyl groups is 1. The van der Waals surface area contributed by atoms with Gasteiger partial charge in [-0.2, -0.15) is 0 Å². The standard InChI is InChI=1S/C13H25NO4/c1-3-4-5-6-7-8-9-12(16)14-11(10-15)13(17)18-2/h11,15H,3-10H2,1-2H3,(H,14,16). The zero-order valence-corrected chi connectivity index (χ0v) is 11.4. The van der Waals surface area contributed by atoms with E-state index >= 15 is 0 Å². The normalized spacial score (nSPS) is 11.9. The number of nitrogens with one attached hydrogen (secondary N) is 1. The van der Waals surface area contributed by atoms with Crippen LogP contribution in [0.25, 0.3) is 0 Å². The van der Waals surface area contributed by atoms with Gasteiger partial charge in [-0.15, -0.1) is 0 Å². The number of methoxy groups -OCH3 is 1. The SMILES string of the molecule is CCCCCCCCC(=O)NC(CO)C(=O)OC. The van der Waals surface area contributed by atoms with Crippen LogP contribution in [0.2, 0.25) is 0 Å². The zero-order chi connectivity index (χ0) is 13.8.